The highest BCUT2D eigenvalue weighted by Gasteiger charge is 2.43. The van der Waals surface area contributed by atoms with Gasteiger partial charge in [-0.05, 0) is 55.0 Å². The predicted molar refractivity (Wildman–Crippen MR) is 127 cm³/mol. The van der Waals surface area contributed by atoms with Gasteiger partial charge in [-0.25, -0.2) is 0 Å². The lowest BCUT2D eigenvalue weighted by Crippen LogP contribution is -2.50. The lowest BCUT2D eigenvalue weighted by molar-refractivity contribution is -0.274. The molecule has 0 saturated carbocycles. The summed E-state index contributed by atoms with van der Waals surface area (Å²) in [6.07, 6.45) is -2.88. The summed E-state index contributed by atoms with van der Waals surface area (Å²) in [6.45, 7) is 2.00. The first-order chi connectivity index (χ1) is 17.6. The summed E-state index contributed by atoms with van der Waals surface area (Å²) in [5.74, 6) is -0.225. The number of carbonyl (C=O) groups is 2. The maximum atomic E-state index is 13.4. The molecule has 3 heterocycles. The fraction of sp³-hybridized carbons (Fsp3) is 0.192. The monoisotopic (exact) mass is 513 g/mol. The Balaban J connectivity index is 0.00000102. The Morgan fingerprint density at radius 2 is 1.92 bits per heavy atom. The molecule has 192 valence electrons. The molecule has 1 aliphatic heterocycles. The molecule has 0 aliphatic carbocycles. The Morgan fingerprint density at radius 3 is 2.62 bits per heavy atom. The number of fused-ring (bicyclic) bond motifs is 2. The highest BCUT2D eigenvalue weighted by molar-refractivity contribution is 5.98. The van der Waals surface area contributed by atoms with Crippen LogP contribution in [-0.4, -0.2) is 40.4 Å². The van der Waals surface area contributed by atoms with Gasteiger partial charge in [0, 0.05) is 23.5 Å². The van der Waals surface area contributed by atoms with Gasteiger partial charge in [0.05, 0.1) is 6.61 Å². The molecule has 1 aliphatic rings. The molecule has 5 rings (SSSR count). The second-order valence-electron chi connectivity index (χ2n) is 8.26. The van der Waals surface area contributed by atoms with Gasteiger partial charge in [0.25, 0.3) is 12.4 Å². The van der Waals surface area contributed by atoms with E-state index in [1.165, 1.54) is 24.3 Å². The van der Waals surface area contributed by atoms with Crippen molar-refractivity contribution in [1.82, 2.24) is 15.3 Å². The Morgan fingerprint density at radius 1 is 1.19 bits per heavy atom. The van der Waals surface area contributed by atoms with Gasteiger partial charge < -0.3 is 24.9 Å². The van der Waals surface area contributed by atoms with E-state index in [4.69, 9.17) is 14.6 Å². The molecule has 8 nitrogen and oxygen atoms in total. The number of halogens is 3. The van der Waals surface area contributed by atoms with Crippen molar-refractivity contribution in [2.45, 2.75) is 25.2 Å². The van der Waals surface area contributed by atoms with Crippen molar-refractivity contribution in [3.05, 3.63) is 89.4 Å². The Kier molecular flexibility index (Phi) is 7.05. The molecule has 37 heavy (non-hydrogen) atoms. The minimum atomic E-state index is -4.80. The summed E-state index contributed by atoms with van der Waals surface area (Å²) < 4.78 is 47.6. The van der Waals surface area contributed by atoms with E-state index >= 15 is 0 Å². The van der Waals surface area contributed by atoms with Crippen LogP contribution in [0.3, 0.4) is 0 Å². The van der Waals surface area contributed by atoms with Gasteiger partial charge in [-0.1, -0.05) is 23.8 Å². The van der Waals surface area contributed by atoms with Gasteiger partial charge in [-0.3, -0.25) is 14.6 Å². The number of aromatic amines is 1. The first-order valence-corrected chi connectivity index (χ1v) is 11.1. The average Bonchev–Trinajstić information content (AvgIpc) is 3.28. The quantitative estimate of drug-likeness (QED) is 0.334. The number of benzene rings is 2. The zero-order valence-electron chi connectivity index (χ0n) is 19.5. The minimum absolute atomic E-state index is 0.250. The number of rotatable bonds is 4. The van der Waals surface area contributed by atoms with Crippen molar-refractivity contribution in [2.75, 3.05) is 6.61 Å². The maximum Gasteiger partial charge on any atom is 0.573 e. The zero-order chi connectivity index (χ0) is 26.6. The Hall–Kier alpha value is -4.54. The van der Waals surface area contributed by atoms with Crippen LogP contribution in [0, 0.1) is 6.92 Å². The molecular formula is C26H22F3N3O5. The SMILES string of the molecule is Cc1ccc2[nH]c(C(=O)N[C@]3(c4ccc(OC(F)(F)F)cc4)CCOc4cccnc43)cc2c1.O=CO. The highest BCUT2D eigenvalue weighted by Crippen LogP contribution is 2.41. The predicted octanol–water partition coefficient (Wildman–Crippen LogP) is 4.93. The molecule has 0 spiro atoms. The van der Waals surface area contributed by atoms with Crippen LogP contribution < -0.4 is 14.8 Å². The third-order valence-electron chi connectivity index (χ3n) is 5.84. The maximum absolute atomic E-state index is 13.4. The number of alkyl halides is 3. The van der Waals surface area contributed by atoms with Gasteiger partial charge in [0.1, 0.15) is 28.4 Å². The molecule has 0 saturated heterocycles. The van der Waals surface area contributed by atoms with E-state index in [2.05, 4.69) is 20.0 Å². The average molecular weight is 513 g/mol. The van der Waals surface area contributed by atoms with E-state index in [-0.39, 0.29) is 24.7 Å². The van der Waals surface area contributed by atoms with Crippen LogP contribution >= 0.6 is 0 Å². The third kappa shape index (κ3) is 5.50. The zero-order valence-corrected chi connectivity index (χ0v) is 19.5. The second-order valence-corrected chi connectivity index (χ2v) is 8.26. The first kappa shape index (κ1) is 25.5. The fourth-order valence-electron chi connectivity index (χ4n) is 4.31. The summed E-state index contributed by atoms with van der Waals surface area (Å²) in [7, 11) is 0. The van der Waals surface area contributed by atoms with Gasteiger partial charge in [0.2, 0.25) is 0 Å². The fourth-order valence-corrected chi connectivity index (χ4v) is 4.31. The molecule has 11 heteroatoms. The highest BCUT2D eigenvalue weighted by atomic mass is 19.4. The van der Waals surface area contributed by atoms with Crippen molar-refractivity contribution >= 4 is 23.3 Å². The number of carboxylic acid groups (broad SMARTS) is 1. The molecule has 4 aromatic rings. The second kappa shape index (κ2) is 10.2. The summed E-state index contributed by atoms with van der Waals surface area (Å²) >= 11 is 0. The van der Waals surface area contributed by atoms with E-state index in [1.807, 2.05) is 25.1 Å². The molecule has 1 atom stereocenters. The summed E-state index contributed by atoms with van der Waals surface area (Å²) in [5, 5.41) is 10.9. The summed E-state index contributed by atoms with van der Waals surface area (Å²) in [6, 6.07) is 16.5. The number of aryl methyl sites for hydroxylation is 1. The number of H-pyrrole nitrogens is 1. The number of nitrogens with zero attached hydrogens (tertiary/aromatic N) is 1. The van der Waals surface area contributed by atoms with Gasteiger partial charge in [0.15, 0.2) is 0 Å². The van der Waals surface area contributed by atoms with E-state index < -0.39 is 11.9 Å². The van der Waals surface area contributed by atoms with Crippen LogP contribution in [0.4, 0.5) is 13.2 Å². The molecule has 1 amide bonds. The Labute approximate surface area is 209 Å². The van der Waals surface area contributed by atoms with Crippen LogP contribution in [0.25, 0.3) is 10.9 Å². The van der Waals surface area contributed by atoms with E-state index in [9.17, 15) is 18.0 Å². The molecule has 0 radical (unpaired) electrons. The molecule has 0 bridgehead atoms. The number of nitrogens with one attached hydrogen (secondary N) is 2. The van der Waals surface area contributed by atoms with Crippen molar-refractivity contribution in [2.24, 2.45) is 0 Å². The summed E-state index contributed by atoms with van der Waals surface area (Å²) in [4.78, 5) is 29.4. The van der Waals surface area contributed by atoms with E-state index in [1.54, 1.807) is 24.4 Å². The topological polar surface area (TPSA) is 114 Å². The van der Waals surface area contributed by atoms with Gasteiger partial charge in [-0.2, -0.15) is 0 Å². The van der Waals surface area contributed by atoms with E-state index in [0.29, 0.717) is 29.1 Å². The smallest absolute Gasteiger partial charge is 0.491 e. The molecule has 0 fully saturated rings. The lowest BCUT2D eigenvalue weighted by Gasteiger charge is -2.38. The molecule has 0 unspecified atom stereocenters. The number of pyridine rings is 1. The first-order valence-electron chi connectivity index (χ1n) is 11.1. The number of amides is 1. The number of carbonyl (C=O) groups excluding carboxylic acids is 1. The number of hydrogen-bond acceptors (Lipinski definition) is 5. The summed E-state index contributed by atoms with van der Waals surface area (Å²) in [5.41, 5.74) is 2.18. The van der Waals surface area contributed by atoms with Crippen LogP contribution in [-0.2, 0) is 10.3 Å². The van der Waals surface area contributed by atoms with Crippen LogP contribution in [0.15, 0.2) is 66.9 Å². The molecule has 2 aromatic carbocycles. The van der Waals surface area contributed by atoms with Crippen LogP contribution in [0.2, 0.25) is 0 Å². The van der Waals surface area contributed by atoms with E-state index in [0.717, 1.165) is 16.5 Å². The van der Waals surface area contributed by atoms with Crippen molar-refractivity contribution in [3.8, 4) is 11.5 Å². The third-order valence-corrected chi connectivity index (χ3v) is 5.84. The van der Waals surface area contributed by atoms with Gasteiger partial charge in [-0.15, -0.1) is 13.2 Å². The molecule has 2 aromatic heterocycles. The van der Waals surface area contributed by atoms with Crippen LogP contribution in [0.5, 0.6) is 11.5 Å². The number of aromatic nitrogens is 2. The van der Waals surface area contributed by atoms with Crippen molar-refractivity contribution in [1.29, 1.82) is 0 Å². The minimum Gasteiger partial charge on any atom is -0.491 e. The standard InChI is InChI=1S/C25H20F3N3O3.CH2O2/c1-15-4-9-19-16(13-15)14-20(30-19)23(32)31-24(10-12-33-21-3-2-11-29-22(21)24)17-5-7-18(8-6-17)34-25(26,27)28;2-1-3/h2-9,11,13-14,30H,10,12H2,1H3,(H,31,32);1H,(H,2,3)/t24-;/m0./s1. The lowest BCUT2D eigenvalue weighted by atomic mass is 9.81. The molecular weight excluding hydrogens is 491 g/mol. The van der Waals surface area contributed by atoms with Crippen molar-refractivity contribution < 1.29 is 37.3 Å². The Bertz CT molecular complexity index is 1420. The normalized spacial score (nSPS) is 16.5. The van der Waals surface area contributed by atoms with Crippen molar-refractivity contribution in [3.63, 3.8) is 0 Å². The molecule has 3 N–H and O–H groups in total. The number of ether oxygens (including phenoxy) is 2. The largest absolute Gasteiger partial charge is 0.573 e. The van der Waals surface area contributed by atoms with Crippen LogP contribution in [0.1, 0.15) is 33.7 Å². The van der Waals surface area contributed by atoms with Gasteiger partial charge >= 0.3 is 6.36 Å². The number of hydrogen-bond donors (Lipinski definition) is 3.